The van der Waals surface area contributed by atoms with E-state index in [0.29, 0.717) is 23.7 Å². The Hall–Kier alpha value is -1.88. The number of nitrogens with one attached hydrogen (secondary N) is 1. The van der Waals surface area contributed by atoms with Crippen molar-refractivity contribution in [1.29, 1.82) is 0 Å². The number of nitrogens with zero attached hydrogens (tertiary/aromatic N) is 2. The van der Waals surface area contributed by atoms with E-state index in [-0.39, 0.29) is 0 Å². The van der Waals surface area contributed by atoms with Gasteiger partial charge in [0.15, 0.2) is 0 Å². The first-order chi connectivity index (χ1) is 10.0. The molecule has 0 spiro atoms. The van der Waals surface area contributed by atoms with E-state index in [4.69, 9.17) is 9.26 Å². The summed E-state index contributed by atoms with van der Waals surface area (Å²) in [6.45, 7) is 6.36. The highest BCUT2D eigenvalue weighted by Gasteiger charge is 2.18. The van der Waals surface area contributed by atoms with Gasteiger partial charge in [-0.3, -0.25) is 0 Å². The first-order valence-electron chi connectivity index (χ1n) is 7.20. The van der Waals surface area contributed by atoms with Crippen LogP contribution in [-0.4, -0.2) is 30.3 Å². The summed E-state index contributed by atoms with van der Waals surface area (Å²) in [5, 5.41) is 7.35. The van der Waals surface area contributed by atoms with Gasteiger partial charge in [0.25, 0.3) is 0 Å². The van der Waals surface area contributed by atoms with Gasteiger partial charge in [-0.25, -0.2) is 0 Å². The van der Waals surface area contributed by atoms with Gasteiger partial charge in [0, 0.05) is 12.5 Å². The van der Waals surface area contributed by atoms with E-state index in [0.717, 1.165) is 23.3 Å². The molecule has 0 fully saturated rings. The average molecular weight is 289 g/mol. The zero-order valence-electron chi connectivity index (χ0n) is 13.3. The lowest BCUT2D eigenvalue weighted by molar-refractivity contribution is 0.335. The van der Waals surface area contributed by atoms with Crippen molar-refractivity contribution in [2.24, 2.45) is 5.92 Å². The van der Waals surface area contributed by atoms with Crippen LogP contribution in [0.25, 0.3) is 11.4 Å². The first kappa shape index (κ1) is 15.5. The highest BCUT2D eigenvalue weighted by atomic mass is 16.5. The van der Waals surface area contributed by atoms with Crippen LogP contribution >= 0.6 is 0 Å². The smallest absolute Gasteiger partial charge is 0.228 e. The molecule has 1 atom stereocenters. The lowest BCUT2D eigenvalue weighted by atomic mass is 10.0. The molecular weight excluding hydrogens is 266 g/mol. The number of aryl methyl sites for hydroxylation is 1. The average Bonchev–Trinajstić information content (AvgIpc) is 2.92. The summed E-state index contributed by atoms with van der Waals surface area (Å²) in [6.07, 6.45) is 0.718. The molecule has 5 heteroatoms. The fourth-order valence-corrected chi connectivity index (χ4v) is 2.29. The molecule has 1 unspecified atom stereocenters. The van der Waals surface area contributed by atoms with Gasteiger partial charge >= 0.3 is 0 Å². The van der Waals surface area contributed by atoms with Crippen LogP contribution in [0.3, 0.4) is 0 Å². The van der Waals surface area contributed by atoms with Crippen molar-refractivity contribution in [3.05, 3.63) is 29.7 Å². The molecule has 0 bridgehead atoms. The number of rotatable bonds is 6. The molecule has 0 aliphatic heterocycles. The van der Waals surface area contributed by atoms with Crippen LogP contribution in [0.2, 0.25) is 0 Å². The molecule has 21 heavy (non-hydrogen) atoms. The molecule has 0 aliphatic rings. The third kappa shape index (κ3) is 3.61. The Morgan fingerprint density at radius 2 is 2.10 bits per heavy atom. The van der Waals surface area contributed by atoms with Crippen LogP contribution in [0.1, 0.15) is 25.3 Å². The molecule has 1 aromatic carbocycles. The van der Waals surface area contributed by atoms with Crippen molar-refractivity contribution in [2.75, 3.05) is 14.2 Å². The van der Waals surface area contributed by atoms with Gasteiger partial charge in [0.05, 0.1) is 12.7 Å². The summed E-state index contributed by atoms with van der Waals surface area (Å²) in [5.41, 5.74) is 1.98. The molecule has 0 amide bonds. The van der Waals surface area contributed by atoms with Gasteiger partial charge in [0.2, 0.25) is 11.7 Å². The fourth-order valence-electron chi connectivity index (χ4n) is 2.29. The van der Waals surface area contributed by atoms with Crippen LogP contribution in [-0.2, 0) is 6.42 Å². The Bertz CT molecular complexity index is 593. The van der Waals surface area contributed by atoms with E-state index in [1.807, 2.05) is 32.2 Å². The molecule has 1 aromatic heterocycles. The summed E-state index contributed by atoms with van der Waals surface area (Å²) in [5.74, 6) is 2.47. The standard InChI is InChI=1S/C16H23N3O2/c1-10(2)13(17-4)9-15-18-16(19-21-15)12-7-6-11(3)8-14(12)20-5/h6-8,10,13,17H,9H2,1-5H3. The third-order valence-electron chi connectivity index (χ3n) is 3.64. The van der Waals surface area contributed by atoms with E-state index < -0.39 is 0 Å². The third-order valence-corrected chi connectivity index (χ3v) is 3.64. The van der Waals surface area contributed by atoms with Gasteiger partial charge in [-0.15, -0.1) is 0 Å². The first-order valence-corrected chi connectivity index (χ1v) is 7.20. The highest BCUT2D eigenvalue weighted by molar-refractivity contribution is 5.64. The minimum atomic E-state index is 0.318. The minimum absolute atomic E-state index is 0.318. The maximum Gasteiger partial charge on any atom is 0.228 e. The van der Waals surface area contributed by atoms with Gasteiger partial charge < -0.3 is 14.6 Å². The molecule has 0 saturated carbocycles. The predicted octanol–water partition coefficient (Wildman–Crippen LogP) is 2.84. The van der Waals surface area contributed by atoms with Crippen molar-refractivity contribution in [3.8, 4) is 17.1 Å². The number of benzene rings is 1. The fraction of sp³-hybridized carbons (Fsp3) is 0.500. The van der Waals surface area contributed by atoms with E-state index in [1.54, 1.807) is 7.11 Å². The SMILES string of the molecule is CNC(Cc1nc(-c2ccc(C)cc2OC)no1)C(C)C. The van der Waals surface area contributed by atoms with E-state index in [1.165, 1.54) is 0 Å². The van der Waals surface area contributed by atoms with E-state index >= 15 is 0 Å². The largest absolute Gasteiger partial charge is 0.496 e. The quantitative estimate of drug-likeness (QED) is 0.886. The van der Waals surface area contributed by atoms with Crippen LogP contribution in [0, 0.1) is 12.8 Å². The maximum atomic E-state index is 5.40. The second-order valence-electron chi connectivity index (χ2n) is 5.56. The Morgan fingerprint density at radius 3 is 2.71 bits per heavy atom. The van der Waals surface area contributed by atoms with Gasteiger partial charge in [-0.05, 0) is 37.6 Å². The molecule has 0 aliphatic carbocycles. The topological polar surface area (TPSA) is 60.2 Å². The zero-order valence-corrected chi connectivity index (χ0v) is 13.3. The molecular formula is C16H23N3O2. The van der Waals surface area contributed by atoms with Crippen LogP contribution in [0.5, 0.6) is 5.75 Å². The maximum absolute atomic E-state index is 5.40. The van der Waals surface area contributed by atoms with Crippen molar-refractivity contribution < 1.29 is 9.26 Å². The number of methoxy groups -OCH3 is 1. The molecule has 1 heterocycles. The van der Waals surface area contributed by atoms with Crippen LogP contribution in [0.15, 0.2) is 22.7 Å². The molecule has 1 N–H and O–H groups in total. The molecule has 0 saturated heterocycles. The molecule has 2 rings (SSSR count). The van der Waals surface area contributed by atoms with E-state index in [9.17, 15) is 0 Å². The summed E-state index contributed by atoms with van der Waals surface area (Å²) in [7, 11) is 3.60. The summed E-state index contributed by atoms with van der Waals surface area (Å²) in [4.78, 5) is 4.49. The Kier molecular flexibility index (Phi) is 4.96. The van der Waals surface area contributed by atoms with E-state index in [2.05, 4.69) is 29.3 Å². The van der Waals surface area contributed by atoms with Gasteiger partial charge in [0.1, 0.15) is 5.75 Å². The molecule has 5 nitrogen and oxygen atoms in total. The minimum Gasteiger partial charge on any atom is -0.496 e. The number of likely N-dealkylation sites (N-methyl/N-ethyl adjacent to an activating group) is 1. The lowest BCUT2D eigenvalue weighted by Gasteiger charge is -2.17. The predicted molar refractivity (Wildman–Crippen MR) is 82.4 cm³/mol. The summed E-state index contributed by atoms with van der Waals surface area (Å²) >= 11 is 0. The van der Waals surface area contributed by atoms with Gasteiger partial charge in [-0.2, -0.15) is 4.98 Å². The monoisotopic (exact) mass is 289 g/mol. The van der Waals surface area contributed by atoms with Crippen molar-refractivity contribution in [3.63, 3.8) is 0 Å². The summed E-state index contributed by atoms with van der Waals surface area (Å²) < 4.78 is 10.8. The van der Waals surface area contributed by atoms with Crippen LogP contribution in [0.4, 0.5) is 0 Å². The number of ether oxygens (including phenoxy) is 1. The lowest BCUT2D eigenvalue weighted by Crippen LogP contribution is -2.32. The Balaban J connectivity index is 2.24. The van der Waals surface area contributed by atoms with Crippen molar-refractivity contribution in [2.45, 2.75) is 33.2 Å². The Morgan fingerprint density at radius 1 is 1.33 bits per heavy atom. The second kappa shape index (κ2) is 6.72. The zero-order chi connectivity index (χ0) is 15.4. The van der Waals surface area contributed by atoms with Crippen LogP contribution < -0.4 is 10.1 Å². The Labute approximate surface area is 125 Å². The normalized spacial score (nSPS) is 12.7. The molecule has 2 aromatic rings. The highest BCUT2D eigenvalue weighted by Crippen LogP contribution is 2.28. The molecule has 114 valence electrons. The number of hydrogen-bond donors (Lipinski definition) is 1. The number of hydrogen-bond acceptors (Lipinski definition) is 5. The second-order valence-corrected chi connectivity index (χ2v) is 5.56. The molecule has 0 radical (unpaired) electrons. The van der Waals surface area contributed by atoms with Gasteiger partial charge in [-0.1, -0.05) is 25.1 Å². The van der Waals surface area contributed by atoms with Crippen molar-refractivity contribution >= 4 is 0 Å². The number of aromatic nitrogens is 2. The van der Waals surface area contributed by atoms with Crippen molar-refractivity contribution in [1.82, 2.24) is 15.5 Å². The summed E-state index contributed by atoms with van der Waals surface area (Å²) in [6, 6.07) is 6.26.